The molecule has 1 aliphatic carbocycles. The molecule has 4 rings (SSSR count). The zero-order valence-electron chi connectivity index (χ0n) is 11.7. The van der Waals surface area contributed by atoms with Gasteiger partial charge in [-0.2, -0.15) is 0 Å². The standard InChI is InChI=1S/C18H20N2/c1-2-5-13(6-3-1)15-10-12-20-18-16(15)9-8-14-7-4-11-19-17(14)18/h4-5,7-9,11,15,20H,1-3,6,10,12H2/t15-/m0/s1. The molecule has 1 N–H and O–H groups in total. The number of allylic oxidation sites excluding steroid dienone is 2. The van der Waals surface area contributed by atoms with Gasteiger partial charge in [-0.3, -0.25) is 4.98 Å². The SMILES string of the molecule is C1=C([C@@H]2CCNc3c2ccc2cccnc32)CCCC1. The van der Waals surface area contributed by atoms with Gasteiger partial charge >= 0.3 is 0 Å². The van der Waals surface area contributed by atoms with Gasteiger partial charge in [-0.15, -0.1) is 0 Å². The van der Waals surface area contributed by atoms with Crippen LogP contribution in [0.5, 0.6) is 0 Å². The first kappa shape index (κ1) is 12.0. The molecule has 1 atom stereocenters. The molecule has 2 heteroatoms. The predicted octanol–water partition coefficient (Wildman–Crippen LogP) is 4.63. The van der Waals surface area contributed by atoms with Crippen LogP contribution in [0.25, 0.3) is 10.9 Å². The summed E-state index contributed by atoms with van der Waals surface area (Å²) in [4.78, 5) is 4.59. The van der Waals surface area contributed by atoms with Crippen molar-refractivity contribution in [2.75, 3.05) is 11.9 Å². The van der Waals surface area contributed by atoms with E-state index in [0.29, 0.717) is 5.92 Å². The molecule has 0 saturated heterocycles. The summed E-state index contributed by atoms with van der Waals surface area (Å²) < 4.78 is 0. The van der Waals surface area contributed by atoms with Crippen molar-refractivity contribution in [3.8, 4) is 0 Å². The Hall–Kier alpha value is -1.83. The second-order valence-corrected chi connectivity index (χ2v) is 5.90. The number of anilines is 1. The molecule has 1 aromatic heterocycles. The molecule has 0 spiro atoms. The lowest BCUT2D eigenvalue weighted by Gasteiger charge is -2.30. The Bertz CT molecular complexity index is 672. The number of pyridine rings is 1. The van der Waals surface area contributed by atoms with E-state index < -0.39 is 0 Å². The zero-order chi connectivity index (χ0) is 13.4. The van der Waals surface area contributed by atoms with Crippen LogP contribution in [0.3, 0.4) is 0 Å². The third kappa shape index (κ3) is 1.91. The van der Waals surface area contributed by atoms with Gasteiger partial charge in [-0.1, -0.05) is 29.8 Å². The van der Waals surface area contributed by atoms with Gasteiger partial charge in [-0.25, -0.2) is 0 Å². The average Bonchev–Trinajstić information content (AvgIpc) is 2.55. The highest BCUT2D eigenvalue weighted by Gasteiger charge is 2.25. The predicted molar refractivity (Wildman–Crippen MR) is 84.1 cm³/mol. The second-order valence-electron chi connectivity index (χ2n) is 5.90. The molecule has 2 heterocycles. The first-order chi connectivity index (χ1) is 9.93. The van der Waals surface area contributed by atoms with Gasteiger partial charge in [0.15, 0.2) is 0 Å². The second kappa shape index (κ2) is 4.93. The van der Waals surface area contributed by atoms with Crippen molar-refractivity contribution in [1.82, 2.24) is 4.98 Å². The third-order valence-corrected chi connectivity index (χ3v) is 4.69. The maximum atomic E-state index is 4.59. The Morgan fingerprint density at radius 3 is 3.05 bits per heavy atom. The molecule has 2 aliphatic rings. The molecule has 0 fully saturated rings. The highest BCUT2D eigenvalue weighted by Crippen LogP contribution is 2.42. The maximum absolute atomic E-state index is 4.59. The summed E-state index contributed by atoms with van der Waals surface area (Å²) in [5, 5.41) is 4.82. The fourth-order valence-corrected chi connectivity index (χ4v) is 3.70. The molecule has 102 valence electrons. The molecule has 0 bridgehead atoms. The van der Waals surface area contributed by atoms with E-state index in [1.807, 2.05) is 12.3 Å². The van der Waals surface area contributed by atoms with Gasteiger partial charge in [0.25, 0.3) is 0 Å². The van der Waals surface area contributed by atoms with Gasteiger partial charge in [-0.05, 0) is 43.7 Å². The molecular formula is C18H20N2. The molecule has 1 aliphatic heterocycles. The van der Waals surface area contributed by atoms with Crippen LogP contribution in [0.2, 0.25) is 0 Å². The van der Waals surface area contributed by atoms with Gasteiger partial charge in [0, 0.05) is 24.0 Å². The van der Waals surface area contributed by atoms with E-state index in [-0.39, 0.29) is 0 Å². The van der Waals surface area contributed by atoms with E-state index in [1.165, 1.54) is 48.7 Å². The van der Waals surface area contributed by atoms with Crippen molar-refractivity contribution in [2.24, 2.45) is 0 Å². The molecule has 20 heavy (non-hydrogen) atoms. The number of hydrogen-bond donors (Lipinski definition) is 1. The van der Waals surface area contributed by atoms with Crippen LogP contribution in [-0.2, 0) is 0 Å². The van der Waals surface area contributed by atoms with Gasteiger partial charge in [0.1, 0.15) is 0 Å². The van der Waals surface area contributed by atoms with Crippen LogP contribution in [0, 0.1) is 0 Å². The number of aromatic nitrogens is 1. The molecule has 1 aromatic carbocycles. The number of hydrogen-bond acceptors (Lipinski definition) is 2. The van der Waals surface area contributed by atoms with Crippen LogP contribution in [0.4, 0.5) is 5.69 Å². The molecule has 0 radical (unpaired) electrons. The average molecular weight is 264 g/mol. The molecule has 0 saturated carbocycles. The summed E-state index contributed by atoms with van der Waals surface area (Å²) in [6.45, 7) is 1.06. The quantitative estimate of drug-likeness (QED) is 0.759. The van der Waals surface area contributed by atoms with E-state index in [2.05, 4.69) is 34.6 Å². The highest BCUT2D eigenvalue weighted by atomic mass is 14.9. The minimum Gasteiger partial charge on any atom is -0.383 e. The number of nitrogens with one attached hydrogen (secondary N) is 1. The topological polar surface area (TPSA) is 24.9 Å². The van der Waals surface area contributed by atoms with Crippen LogP contribution >= 0.6 is 0 Å². The first-order valence-corrected chi connectivity index (χ1v) is 7.74. The van der Waals surface area contributed by atoms with E-state index >= 15 is 0 Å². The highest BCUT2D eigenvalue weighted by molar-refractivity contribution is 5.93. The summed E-state index contributed by atoms with van der Waals surface area (Å²) >= 11 is 0. The largest absolute Gasteiger partial charge is 0.383 e. The van der Waals surface area contributed by atoms with Crippen molar-refractivity contribution in [1.29, 1.82) is 0 Å². The molecule has 2 aromatic rings. The fourth-order valence-electron chi connectivity index (χ4n) is 3.70. The first-order valence-electron chi connectivity index (χ1n) is 7.74. The Morgan fingerprint density at radius 1 is 1.15 bits per heavy atom. The zero-order valence-corrected chi connectivity index (χ0v) is 11.7. The summed E-state index contributed by atoms with van der Waals surface area (Å²) in [5.74, 6) is 0.609. The van der Waals surface area contributed by atoms with Crippen LogP contribution in [0.1, 0.15) is 43.6 Å². The van der Waals surface area contributed by atoms with E-state index in [4.69, 9.17) is 0 Å². The fraction of sp³-hybridized carbons (Fsp3) is 0.389. The molecule has 0 unspecified atom stereocenters. The minimum absolute atomic E-state index is 0.609. The van der Waals surface area contributed by atoms with E-state index in [0.717, 1.165) is 12.1 Å². The third-order valence-electron chi connectivity index (χ3n) is 4.69. The van der Waals surface area contributed by atoms with Crippen molar-refractivity contribution in [3.05, 3.63) is 47.7 Å². The number of benzene rings is 1. The van der Waals surface area contributed by atoms with Crippen molar-refractivity contribution in [3.63, 3.8) is 0 Å². The van der Waals surface area contributed by atoms with E-state index in [9.17, 15) is 0 Å². The summed E-state index contributed by atoms with van der Waals surface area (Å²) in [5.41, 5.74) is 5.52. The Balaban J connectivity index is 1.85. The summed E-state index contributed by atoms with van der Waals surface area (Å²) in [7, 11) is 0. The minimum atomic E-state index is 0.609. The Labute approximate surface area is 119 Å². The van der Waals surface area contributed by atoms with Gasteiger partial charge in [0.05, 0.1) is 11.2 Å². The summed E-state index contributed by atoms with van der Waals surface area (Å²) in [6.07, 6.45) is 10.9. The van der Waals surface area contributed by atoms with Crippen molar-refractivity contribution in [2.45, 2.75) is 38.0 Å². The Morgan fingerprint density at radius 2 is 2.15 bits per heavy atom. The molecule has 2 nitrogen and oxygen atoms in total. The lowest BCUT2D eigenvalue weighted by molar-refractivity contribution is 0.612. The number of fused-ring (bicyclic) bond motifs is 3. The Kier molecular flexibility index (Phi) is 2.95. The smallest absolute Gasteiger partial charge is 0.0936 e. The van der Waals surface area contributed by atoms with Crippen molar-refractivity contribution >= 4 is 16.6 Å². The molecule has 0 amide bonds. The maximum Gasteiger partial charge on any atom is 0.0936 e. The lowest BCUT2D eigenvalue weighted by Crippen LogP contribution is -2.19. The van der Waals surface area contributed by atoms with Gasteiger partial charge in [0.2, 0.25) is 0 Å². The van der Waals surface area contributed by atoms with Crippen molar-refractivity contribution < 1.29 is 0 Å². The van der Waals surface area contributed by atoms with Crippen LogP contribution in [0.15, 0.2) is 42.1 Å². The normalized spacial score (nSPS) is 22.0. The number of rotatable bonds is 1. The molecular weight excluding hydrogens is 244 g/mol. The summed E-state index contributed by atoms with van der Waals surface area (Å²) in [6, 6.07) is 8.70. The lowest BCUT2D eigenvalue weighted by atomic mass is 9.80. The van der Waals surface area contributed by atoms with Gasteiger partial charge < -0.3 is 5.32 Å². The van der Waals surface area contributed by atoms with Crippen LogP contribution < -0.4 is 5.32 Å². The number of nitrogens with zero attached hydrogens (tertiary/aromatic N) is 1. The monoisotopic (exact) mass is 264 g/mol. The van der Waals surface area contributed by atoms with Crippen LogP contribution in [-0.4, -0.2) is 11.5 Å². The van der Waals surface area contributed by atoms with E-state index in [1.54, 1.807) is 5.57 Å².